The number of carbonyl (C=O) groups excluding carboxylic acids is 1. The second-order valence-electron chi connectivity index (χ2n) is 6.13. The standard InChI is InChI=1S/C18H15N5O3S2/c24-18(21-17-19-11-4-1-2-5-13(11)28-17)23-7-8-25-10-12(23)16-20-15(22-26-16)14-6-3-9-27-14/h1-6,9,12H,7-8,10H2,(H,19,21,24)/t12-/m0/s1. The van der Waals surface area contributed by atoms with Gasteiger partial charge in [-0.15, -0.1) is 11.3 Å². The highest BCUT2D eigenvalue weighted by Gasteiger charge is 2.33. The van der Waals surface area contributed by atoms with Crippen LogP contribution >= 0.6 is 22.7 Å². The van der Waals surface area contributed by atoms with Crippen molar-refractivity contribution in [2.24, 2.45) is 0 Å². The topological polar surface area (TPSA) is 93.4 Å². The Labute approximate surface area is 167 Å². The summed E-state index contributed by atoms with van der Waals surface area (Å²) in [6.07, 6.45) is 0. The van der Waals surface area contributed by atoms with Gasteiger partial charge in [-0.25, -0.2) is 9.78 Å². The molecule has 8 nitrogen and oxygen atoms in total. The van der Waals surface area contributed by atoms with Crippen molar-refractivity contribution in [1.82, 2.24) is 20.0 Å². The third-order valence-corrected chi connectivity index (χ3v) is 6.18. The molecule has 1 N–H and O–H groups in total. The lowest BCUT2D eigenvalue weighted by atomic mass is 10.2. The summed E-state index contributed by atoms with van der Waals surface area (Å²) in [6.45, 7) is 1.19. The number of thiazole rings is 1. The molecule has 5 rings (SSSR count). The Hall–Kier alpha value is -2.82. The van der Waals surface area contributed by atoms with Crippen LogP contribution in [0.25, 0.3) is 20.9 Å². The molecular weight excluding hydrogens is 398 g/mol. The Morgan fingerprint density at radius 1 is 1.21 bits per heavy atom. The lowest BCUT2D eigenvalue weighted by Gasteiger charge is -2.32. The number of anilines is 1. The van der Waals surface area contributed by atoms with Gasteiger partial charge in [0.15, 0.2) is 5.13 Å². The van der Waals surface area contributed by atoms with Crippen LogP contribution in [0.5, 0.6) is 0 Å². The molecule has 1 saturated heterocycles. The molecule has 0 aliphatic carbocycles. The van der Waals surface area contributed by atoms with E-state index < -0.39 is 6.04 Å². The number of urea groups is 1. The highest BCUT2D eigenvalue weighted by molar-refractivity contribution is 7.22. The Bertz CT molecular complexity index is 1070. The van der Waals surface area contributed by atoms with Gasteiger partial charge in [-0.3, -0.25) is 5.32 Å². The van der Waals surface area contributed by atoms with E-state index in [2.05, 4.69) is 20.4 Å². The van der Waals surface area contributed by atoms with Crippen molar-refractivity contribution in [2.45, 2.75) is 6.04 Å². The predicted octanol–water partition coefficient (Wildman–Crippen LogP) is 4.01. The van der Waals surface area contributed by atoms with Crippen LogP contribution in [0.2, 0.25) is 0 Å². The fraction of sp³-hybridized carbons (Fsp3) is 0.222. The maximum Gasteiger partial charge on any atom is 0.324 e. The summed E-state index contributed by atoms with van der Waals surface area (Å²) in [5, 5.41) is 9.43. The minimum Gasteiger partial charge on any atom is -0.377 e. The summed E-state index contributed by atoms with van der Waals surface area (Å²) in [4.78, 5) is 24.4. The third kappa shape index (κ3) is 3.26. The van der Waals surface area contributed by atoms with E-state index in [0.29, 0.717) is 36.6 Å². The van der Waals surface area contributed by atoms with Crippen molar-refractivity contribution < 1.29 is 14.1 Å². The molecule has 3 aromatic heterocycles. The average molecular weight is 413 g/mol. The number of thiophene rings is 1. The fourth-order valence-corrected chi connectivity index (χ4v) is 4.52. The number of nitrogens with one attached hydrogen (secondary N) is 1. The van der Waals surface area contributed by atoms with E-state index in [1.807, 2.05) is 41.8 Å². The molecule has 0 saturated carbocycles. The van der Waals surface area contributed by atoms with Crippen molar-refractivity contribution in [3.8, 4) is 10.7 Å². The molecular formula is C18H15N5O3S2. The summed E-state index contributed by atoms with van der Waals surface area (Å²) in [6, 6.07) is 10.9. The minimum atomic E-state index is -0.440. The quantitative estimate of drug-likeness (QED) is 0.545. The molecule has 0 spiro atoms. The van der Waals surface area contributed by atoms with Crippen LogP contribution in [-0.4, -0.2) is 45.8 Å². The largest absolute Gasteiger partial charge is 0.377 e. The third-order valence-electron chi connectivity index (χ3n) is 4.37. The van der Waals surface area contributed by atoms with E-state index >= 15 is 0 Å². The maximum absolute atomic E-state index is 12.9. The SMILES string of the molecule is O=C(Nc1nc2ccccc2s1)N1CCOC[C@H]1c1nc(-c2cccs2)no1. The van der Waals surface area contributed by atoms with Crippen LogP contribution in [0.4, 0.5) is 9.93 Å². The number of hydrogen-bond donors (Lipinski definition) is 1. The highest BCUT2D eigenvalue weighted by Crippen LogP contribution is 2.29. The summed E-state index contributed by atoms with van der Waals surface area (Å²) in [7, 11) is 0. The molecule has 1 fully saturated rings. The van der Waals surface area contributed by atoms with Gasteiger partial charge in [0.25, 0.3) is 5.89 Å². The molecule has 1 aliphatic heterocycles. The van der Waals surface area contributed by atoms with Gasteiger partial charge >= 0.3 is 6.03 Å². The first-order valence-electron chi connectivity index (χ1n) is 8.66. The number of aromatic nitrogens is 3. The zero-order chi connectivity index (χ0) is 18.9. The van der Waals surface area contributed by atoms with E-state index in [1.54, 1.807) is 4.90 Å². The number of amides is 2. The van der Waals surface area contributed by atoms with Gasteiger partial charge in [-0.05, 0) is 23.6 Å². The molecule has 10 heteroatoms. The summed E-state index contributed by atoms with van der Waals surface area (Å²) >= 11 is 2.97. The molecule has 1 aromatic carbocycles. The van der Waals surface area contributed by atoms with E-state index in [1.165, 1.54) is 22.7 Å². The molecule has 0 bridgehead atoms. The van der Waals surface area contributed by atoms with Crippen molar-refractivity contribution >= 4 is 44.1 Å². The number of ether oxygens (including phenoxy) is 1. The van der Waals surface area contributed by atoms with Crippen LogP contribution in [0, 0.1) is 0 Å². The van der Waals surface area contributed by atoms with E-state index in [9.17, 15) is 4.79 Å². The molecule has 4 aromatic rings. The zero-order valence-electron chi connectivity index (χ0n) is 14.6. The normalized spacial score (nSPS) is 17.1. The molecule has 1 aliphatic rings. The Balaban J connectivity index is 1.37. The molecule has 28 heavy (non-hydrogen) atoms. The lowest BCUT2D eigenvalue weighted by Crippen LogP contribution is -2.45. The van der Waals surface area contributed by atoms with E-state index in [-0.39, 0.29) is 6.03 Å². The van der Waals surface area contributed by atoms with Crippen LogP contribution in [0.15, 0.2) is 46.3 Å². The second kappa shape index (κ2) is 7.30. The van der Waals surface area contributed by atoms with Crippen LogP contribution in [-0.2, 0) is 4.74 Å². The number of hydrogen-bond acceptors (Lipinski definition) is 8. The van der Waals surface area contributed by atoms with Gasteiger partial charge in [0.1, 0.15) is 6.04 Å². The van der Waals surface area contributed by atoms with Gasteiger partial charge in [-0.2, -0.15) is 4.98 Å². The van der Waals surface area contributed by atoms with Crippen molar-refractivity contribution in [1.29, 1.82) is 0 Å². The molecule has 1 atom stereocenters. The molecule has 0 radical (unpaired) electrons. The smallest absolute Gasteiger partial charge is 0.324 e. The van der Waals surface area contributed by atoms with Gasteiger partial charge < -0.3 is 14.2 Å². The minimum absolute atomic E-state index is 0.261. The first-order valence-corrected chi connectivity index (χ1v) is 10.4. The van der Waals surface area contributed by atoms with Gasteiger partial charge in [0.05, 0.1) is 28.3 Å². The Kier molecular flexibility index (Phi) is 4.51. The van der Waals surface area contributed by atoms with E-state index in [4.69, 9.17) is 9.26 Å². The summed E-state index contributed by atoms with van der Waals surface area (Å²) in [5.74, 6) is 0.879. The Morgan fingerprint density at radius 2 is 2.14 bits per heavy atom. The predicted molar refractivity (Wildman–Crippen MR) is 107 cm³/mol. The van der Waals surface area contributed by atoms with E-state index in [0.717, 1.165) is 15.1 Å². The first-order chi connectivity index (χ1) is 13.8. The number of carbonyl (C=O) groups is 1. The fourth-order valence-electron chi connectivity index (χ4n) is 3.02. The monoisotopic (exact) mass is 413 g/mol. The van der Waals surface area contributed by atoms with Crippen LogP contribution in [0.1, 0.15) is 11.9 Å². The Morgan fingerprint density at radius 3 is 3.00 bits per heavy atom. The van der Waals surface area contributed by atoms with Gasteiger partial charge in [0.2, 0.25) is 5.82 Å². The number of para-hydroxylation sites is 1. The summed E-state index contributed by atoms with van der Waals surface area (Å²) in [5.41, 5.74) is 0.860. The summed E-state index contributed by atoms with van der Waals surface area (Å²) < 4.78 is 12.0. The van der Waals surface area contributed by atoms with Crippen LogP contribution < -0.4 is 5.32 Å². The molecule has 2 amide bonds. The number of morpholine rings is 1. The molecule has 142 valence electrons. The number of rotatable bonds is 3. The highest BCUT2D eigenvalue weighted by atomic mass is 32.1. The van der Waals surface area contributed by atoms with Crippen molar-refractivity contribution in [3.05, 3.63) is 47.7 Å². The van der Waals surface area contributed by atoms with Gasteiger partial charge in [-0.1, -0.05) is 34.7 Å². The average Bonchev–Trinajstić information content (AvgIpc) is 3.46. The maximum atomic E-state index is 12.9. The number of fused-ring (bicyclic) bond motifs is 1. The number of nitrogens with zero attached hydrogens (tertiary/aromatic N) is 4. The van der Waals surface area contributed by atoms with Crippen LogP contribution in [0.3, 0.4) is 0 Å². The second-order valence-corrected chi connectivity index (χ2v) is 8.11. The number of benzene rings is 1. The lowest BCUT2D eigenvalue weighted by molar-refractivity contribution is 0.00349. The van der Waals surface area contributed by atoms with Crippen molar-refractivity contribution in [3.63, 3.8) is 0 Å². The molecule has 4 heterocycles. The zero-order valence-corrected chi connectivity index (χ0v) is 16.2. The van der Waals surface area contributed by atoms with Crippen molar-refractivity contribution in [2.75, 3.05) is 25.1 Å². The van der Waals surface area contributed by atoms with Gasteiger partial charge in [0, 0.05) is 6.54 Å². The first kappa shape index (κ1) is 17.3. The molecule has 0 unspecified atom stereocenters.